The van der Waals surface area contributed by atoms with Crippen molar-refractivity contribution in [2.24, 2.45) is 0 Å². The Hall–Kier alpha value is 0.270. The van der Waals surface area contributed by atoms with Gasteiger partial charge in [0.25, 0.3) is 0 Å². The second-order valence-electron chi connectivity index (χ2n) is 3.43. The molecule has 0 aromatic heterocycles. The Morgan fingerprint density at radius 2 is 2.27 bits per heavy atom. The van der Waals surface area contributed by atoms with Crippen molar-refractivity contribution in [2.75, 3.05) is 39.5 Å². The largest absolute Gasteiger partial charge is 0.305 e. The number of nitrogens with zero attached hydrogens (tertiary/aromatic N) is 2. The zero-order valence-corrected chi connectivity index (χ0v) is 8.35. The van der Waals surface area contributed by atoms with Gasteiger partial charge >= 0.3 is 0 Å². The fourth-order valence-electron chi connectivity index (χ4n) is 1.58. The van der Waals surface area contributed by atoms with Gasteiger partial charge in [0.05, 0.1) is 0 Å². The number of rotatable bonds is 3. The molecule has 66 valence electrons. The van der Waals surface area contributed by atoms with Crippen molar-refractivity contribution in [2.45, 2.75) is 12.5 Å². The zero-order valence-electron chi connectivity index (χ0n) is 7.45. The first-order valence-electron chi connectivity index (χ1n) is 4.23. The van der Waals surface area contributed by atoms with E-state index in [-0.39, 0.29) is 0 Å². The molecule has 0 aromatic rings. The minimum atomic E-state index is 0.773. The van der Waals surface area contributed by atoms with E-state index in [2.05, 4.69) is 36.5 Å². The molecule has 0 amide bonds. The molecule has 11 heavy (non-hydrogen) atoms. The summed E-state index contributed by atoms with van der Waals surface area (Å²) in [5, 5.41) is 0. The number of hydrogen-bond donors (Lipinski definition) is 1. The van der Waals surface area contributed by atoms with Crippen LogP contribution in [0.15, 0.2) is 0 Å². The van der Waals surface area contributed by atoms with Crippen LogP contribution in [0.1, 0.15) is 6.42 Å². The van der Waals surface area contributed by atoms with E-state index >= 15 is 0 Å². The van der Waals surface area contributed by atoms with E-state index < -0.39 is 0 Å². The van der Waals surface area contributed by atoms with Crippen LogP contribution in [0, 0.1) is 0 Å². The Morgan fingerprint density at radius 3 is 2.73 bits per heavy atom. The van der Waals surface area contributed by atoms with Crippen LogP contribution in [-0.2, 0) is 0 Å². The van der Waals surface area contributed by atoms with Gasteiger partial charge < -0.3 is 9.80 Å². The maximum atomic E-state index is 4.22. The summed E-state index contributed by atoms with van der Waals surface area (Å²) in [6, 6.07) is 0.773. The summed E-state index contributed by atoms with van der Waals surface area (Å²) in [5.41, 5.74) is 0. The lowest BCUT2D eigenvalue weighted by Gasteiger charge is -2.19. The van der Waals surface area contributed by atoms with Gasteiger partial charge in [-0.3, -0.25) is 0 Å². The molecule has 0 radical (unpaired) electrons. The van der Waals surface area contributed by atoms with Crippen molar-refractivity contribution in [3.63, 3.8) is 0 Å². The van der Waals surface area contributed by atoms with E-state index in [9.17, 15) is 0 Å². The van der Waals surface area contributed by atoms with Crippen molar-refractivity contribution in [3.8, 4) is 0 Å². The Morgan fingerprint density at radius 1 is 1.55 bits per heavy atom. The maximum absolute atomic E-state index is 4.22. The third-order valence-electron chi connectivity index (χ3n) is 2.39. The van der Waals surface area contributed by atoms with Gasteiger partial charge in [-0.25, -0.2) is 0 Å². The number of thiol groups is 1. The van der Waals surface area contributed by atoms with Gasteiger partial charge in [-0.1, -0.05) is 0 Å². The van der Waals surface area contributed by atoms with Crippen molar-refractivity contribution < 1.29 is 0 Å². The fraction of sp³-hybridized carbons (Fsp3) is 1.00. The standard InChI is InChI=1S/C8H18N2S/c1-9(2)8-3-4-10(7-8)5-6-11/h8,11H,3-7H2,1-2H3. The monoisotopic (exact) mass is 174 g/mol. The average Bonchev–Trinajstić information content (AvgIpc) is 2.37. The van der Waals surface area contributed by atoms with Crippen LogP contribution in [-0.4, -0.2) is 55.3 Å². The third-order valence-corrected chi connectivity index (χ3v) is 2.59. The number of likely N-dealkylation sites (N-methyl/N-ethyl adjacent to an activating group) is 1. The summed E-state index contributed by atoms with van der Waals surface area (Å²) in [6.45, 7) is 3.63. The number of likely N-dealkylation sites (tertiary alicyclic amines) is 1. The molecule has 2 nitrogen and oxygen atoms in total. The molecular formula is C8H18N2S. The molecule has 1 fully saturated rings. The smallest absolute Gasteiger partial charge is 0.0229 e. The Labute approximate surface area is 75.0 Å². The van der Waals surface area contributed by atoms with Gasteiger partial charge in [0.2, 0.25) is 0 Å². The van der Waals surface area contributed by atoms with Crippen LogP contribution in [0.4, 0.5) is 0 Å². The summed E-state index contributed by atoms with van der Waals surface area (Å²) < 4.78 is 0. The molecule has 0 spiro atoms. The SMILES string of the molecule is CN(C)C1CCN(CCS)C1. The van der Waals surface area contributed by atoms with Gasteiger partial charge in [-0.2, -0.15) is 12.6 Å². The topological polar surface area (TPSA) is 6.48 Å². The summed E-state index contributed by atoms with van der Waals surface area (Å²) in [4.78, 5) is 4.80. The molecule has 0 bridgehead atoms. The van der Waals surface area contributed by atoms with E-state index in [4.69, 9.17) is 0 Å². The highest BCUT2D eigenvalue weighted by Crippen LogP contribution is 2.12. The van der Waals surface area contributed by atoms with E-state index in [0.29, 0.717) is 0 Å². The second kappa shape index (κ2) is 4.33. The molecule has 0 N–H and O–H groups in total. The molecule has 1 heterocycles. The van der Waals surface area contributed by atoms with Crippen LogP contribution in [0.5, 0.6) is 0 Å². The maximum Gasteiger partial charge on any atom is 0.0229 e. The van der Waals surface area contributed by atoms with E-state index in [1.165, 1.54) is 19.5 Å². The average molecular weight is 174 g/mol. The normalized spacial score (nSPS) is 26.7. The minimum absolute atomic E-state index is 0.773. The molecule has 0 saturated carbocycles. The minimum Gasteiger partial charge on any atom is -0.305 e. The molecule has 0 aliphatic carbocycles. The molecule has 3 heteroatoms. The lowest BCUT2D eigenvalue weighted by atomic mass is 10.2. The Kier molecular flexibility index (Phi) is 3.69. The van der Waals surface area contributed by atoms with Crippen molar-refractivity contribution >= 4 is 12.6 Å². The highest BCUT2D eigenvalue weighted by Gasteiger charge is 2.22. The molecule has 0 aromatic carbocycles. The van der Waals surface area contributed by atoms with Crippen LogP contribution in [0.3, 0.4) is 0 Å². The van der Waals surface area contributed by atoms with Crippen LogP contribution >= 0.6 is 12.6 Å². The highest BCUT2D eigenvalue weighted by atomic mass is 32.1. The van der Waals surface area contributed by atoms with Gasteiger partial charge in [-0.05, 0) is 27.1 Å². The molecule has 1 rings (SSSR count). The van der Waals surface area contributed by atoms with Crippen LogP contribution in [0.2, 0.25) is 0 Å². The molecule has 1 aliphatic rings. The van der Waals surface area contributed by atoms with E-state index in [1.807, 2.05) is 0 Å². The summed E-state index contributed by atoms with van der Waals surface area (Å²) in [5.74, 6) is 0.986. The molecule has 1 unspecified atom stereocenters. The fourth-order valence-corrected chi connectivity index (χ4v) is 1.86. The third kappa shape index (κ3) is 2.65. The first-order valence-corrected chi connectivity index (χ1v) is 4.87. The Balaban J connectivity index is 2.23. The summed E-state index contributed by atoms with van der Waals surface area (Å²) >= 11 is 4.22. The molecule has 1 aliphatic heterocycles. The zero-order chi connectivity index (χ0) is 8.27. The van der Waals surface area contributed by atoms with Crippen molar-refractivity contribution in [1.29, 1.82) is 0 Å². The second-order valence-corrected chi connectivity index (χ2v) is 3.88. The Bertz CT molecular complexity index is 117. The van der Waals surface area contributed by atoms with Crippen molar-refractivity contribution in [3.05, 3.63) is 0 Å². The first-order chi connectivity index (χ1) is 5.24. The summed E-state index contributed by atoms with van der Waals surface area (Å²) in [7, 11) is 4.32. The van der Waals surface area contributed by atoms with Crippen LogP contribution < -0.4 is 0 Å². The molecular weight excluding hydrogens is 156 g/mol. The first kappa shape index (κ1) is 9.36. The predicted octanol–water partition coefficient (Wildman–Crippen LogP) is 0.552. The lowest BCUT2D eigenvalue weighted by Crippen LogP contribution is -2.32. The number of hydrogen-bond acceptors (Lipinski definition) is 3. The lowest BCUT2D eigenvalue weighted by molar-refractivity contribution is 0.276. The molecule has 1 atom stereocenters. The van der Waals surface area contributed by atoms with Crippen LogP contribution in [0.25, 0.3) is 0 Å². The van der Waals surface area contributed by atoms with E-state index in [0.717, 1.165) is 18.3 Å². The van der Waals surface area contributed by atoms with E-state index in [1.54, 1.807) is 0 Å². The predicted molar refractivity (Wildman–Crippen MR) is 52.4 cm³/mol. The van der Waals surface area contributed by atoms with Gasteiger partial charge in [-0.15, -0.1) is 0 Å². The summed E-state index contributed by atoms with van der Waals surface area (Å²) in [6.07, 6.45) is 1.32. The van der Waals surface area contributed by atoms with Gasteiger partial charge in [0.15, 0.2) is 0 Å². The van der Waals surface area contributed by atoms with Crippen molar-refractivity contribution in [1.82, 2.24) is 9.80 Å². The quantitative estimate of drug-likeness (QED) is 0.624. The highest BCUT2D eigenvalue weighted by molar-refractivity contribution is 7.80. The molecule has 1 saturated heterocycles. The van der Waals surface area contributed by atoms with Gasteiger partial charge in [0, 0.05) is 24.9 Å². The van der Waals surface area contributed by atoms with Gasteiger partial charge in [0.1, 0.15) is 0 Å².